The van der Waals surface area contributed by atoms with E-state index < -0.39 is 11.9 Å². The van der Waals surface area contributed by atoms with E-state index in [0.29, 0.717) is 11.9 Å². The molecule has 0 saturated carbocycles. The van der Waals surface area contributed by atoms with Crippen LogP contribution < -0.4 is 10.2 Å². The van der Waals surface area contributed by atoms with Gasteiger partial charge in [0.15, 0.2) is 11.5 Å². The van der Waals surface area contributed by atoms with E-state index in [0.717, 1.165) is 45.0 Å². The Kier molecular flexibility index (Phi) is 4.80. The molecular formula is C13H19F3N4. The molecule has 0 aliphatic carbocycles. The van der Waals surface area contributed by atoms with Crippen LogP contribution in [0.1, 0.15) is 31.9 Å². The van der Waals surface area contributed by atoms with Crippen molar-refractivity contribution in [1.29, 1.82) is 0 Å². The van der Waals surface area contributed by atoms with Gasteiger partial charge in [0.2, 0.25) is 0 Å². The second-order valence-corrected chi connectivity index (χ2v) is 5.01. The first-order valence-electron chi connectivity index (χ1n) is 6.90. The summed E-state index contributed by atoms with van der Waals surface area (Å²) in [5.74, 6) is 0.508. The Labute approximate surface area is 116 Å². The topological polar surface area (TPSA) is 41.0 Å². The molecule has 1 atom stereocenters. The highest BCUT2D eigenvalue weighted by molar-refractivity contribution is 5.38. The van der Waals surface area contributed by atoms with Crippen molar-refractivity contribution in [3.63, 3.8) is 0 Å². The van der Waals surface area contributed by atoms with Gasteiger partial charge in [0.05, 0.1) is 0 Å². The lowest BCUT2D eigenvalue weighted by Crippen LogP contribution is -2.38. The first-order valence-corrected chi connectivity index (χ1v) is 6.90. The first kappa shape index (κ1) is 15.0. The summed E-state index contributed by atoms with van der Waals surface area (Å²) in [6, 6.07) is 2.78. The number of halogens is 3. The number of nitrogens with one attached hydrogen (secondary N) is 1. The standard InChI is InChI=1S/C13H19F3N4/c1-2-8-20(9-10-4-3-7-17-10)12-6-5-11(18-19-12)13(14,15)16/h5-6,10,17H,2-4,7-9H2,1H3. The highest BCUT2D eigenvalue weighted by atomic mass is 19.4. The molecule has 20 heavy (non-hydrogen) atoms. The van der Waals surface area contributed by atoms with Gasteiger partial charge in [-0.15, -0.1) is 10.2 Å². The summed E-state index contributed by atoms with van der Waals surface area (Å²) >= 11 is 0. The fourth-order valence-electron chi connectivity index (χ4n) is 2.39. The third-order valence-electron chi connectivity index (χ3n) is 3.36. The SMILES string of the molecule is CCCN(CC1CCCN1)c1ccc(C(F)(F)F)nn1. The summed E-state index contributed by atoms with van der Waals surface area (Å²) in [5.41, 5.74) is -0.948. The Morgan fingerprint density at radius 1 is 1.35 bits per heavy atom. The summed E-state index contributed by atoms with van der Waals surface area (Å²) in [4.78, 5) is 2.00. The highest BCUT2D eigenvalue weighted by Gasteiger charge is 2.33. The van der Waals surface area contributed by atoms with Crippen LogP contribution in [0.25, 0.3) is 0 Å². The predicted molar refractivity (Wildman–Crippen MR) is 70.6 cm³/mol. The Morgan fingerprint density at radius 3 is 2.65 bits per heavy atom. The molecule has 112 valence electrons. The normalized spacial score (nSPS) is 19.3. The molecule has 4 nitrogen and oxygen atoms in total. The molecule has 0 spiro atoms. The molecule has 1 aliphatic rings. The summed E-state index contributed by atoms with van der Waals surface area (Å²) in [6.45, 7) is 4.56. The van der Waals surface area contributed by atoms with E-state index in [1.165, 1.54) is 6.07 Å². The van der Waals surface area contributed by atoms with E-state index in [4.69, 9.17) is 0 Å². The molecule has 1 aromatic rings. The molecule has 0 bridgehead atoms. The molecule has 2 rings (SSSR count). The van der Waals surface area contributed by atoms with Gasteiger partial charge in [0.1, 0.15) is 0 Å². The molecule has 1 aromatic heterocycles. The fraction of sp³-hybridized carbons (Fsp3) is 0.692. The number of anilines is 1. The molecule has 1 aliphatic heterocycles. The van der Waals surface area contributed by atoms with Crippen LogP contribution >= 0.6 is 0 Å². The van der Waals surface area contributed by atoms with Crippen molar-refractivity contribution in [2.45, 2.75) is 38.4 Å². The van der Waals surface area contributed by atoms with E-state index >= 15 is 0 Å². The lowest BCUT2D eigenvalue weighted by molar-refractivity contribution is -0.141. The lowest BCUT2D eigenvalue weighted by Gasteiger charge is -2.26. The molecule has 1 N–H and O–H groups in total. The van der Waals surface area contributed by atoms with Crippen LogP contribution in [0.3, 0.4) is 0 Å². The van der Waals surface area contributed by atoms with Crippen LogP contribution in [0, 0.1) is 0 Å². The van der Waals surface area contributed by atoms with Crippen molar-refractivity contribution in [1.82, 2.24) is 15.5 Å². The van der Waals surface area contributed by atoms with Crippen molar-refractivity contribution in [2.75, 3.05) is 24.5 Å². The average Bonchev–Trinajstić information content (AvgIpc) is 2.90. The van der Waals surface area contributed by atoms with Gasteiger partial charge in [-0.25, -0.2) is 0 Å². The molecule has 7 heteroatoms. The van der Waals surface area contributed by atoms with Crippen LogP contribution in [0.15, 0.2) is 12.1 Å². The number of aromatic nitrogens is 2. The van der Waals surface area contributed by atoms with Crippen molar-refractivity contribution in [2.24, 2.45) is 0 Å². The molecule has 0 radical (unpaired) electrons. The van der Waals surface area contributed by atoms with Gasteiger partial charge in [0, 0.05) is 19.1 Å². The minimum absolute atomic E-state index is 0.380. The Balaban J connectivity index is 2.08. The van der Waals surface area contributed by atoms with Gasteiger partial charge in [-0.2, -0.15) is 13.2 Å². The molecule has 0 aromatic carbocycles. The number of hydrogen-bond donors (Lipinski definition) is 1. The number of alkyl halides is 3. The highest BCUT2D eigenvalue weighted by Crippen LogP contribution is 2.27. The van der Waals surface area contributed by atoms with Crippen LogP contribution in [0.4, 0.5) is 19.0 Å². The monoisotopic (exact) mass is 288 g/mol. The largest absolute Gasteiger partial charge is 0.435 e. The van der Waals surface area contributed by atoms with E-state index in [1.54, 1.807) is 0 Å². The zero-order valence-corrected chi connectivity index (χ0v) is 11.5. The lowest BCUT2D eigenvalue weighted by atomic mass is 10.2. The fourth-order valence-corrected chi connectivity index (χ4v) is 2.39. The molecule has 2 heterocycles. The van der Waals surface area contributed by atoms with E-state index in [-0.39, 0.29) is 0 Å². The maximum absolute atomic E-state index is 12.5. The maximum atomic E-state index is 12.5. The summed E-state index contributed by atoms with van der Waals surface area (Å²) in [5, 5.41) is 10.4. The van der Waals surface area contributed by atoms with E-state index in [1.807, 2.05) is 11.8 Å². The van der Waals surface area contributed by atoms with Gasteiger partial charge in [-0.05, 0) is 37.9 Å². The van der Waals surface area contributed by atoms with Crippen molar-refractivity contribution < 1.29 is 13.2 Å². The minimum atomic E-state index is -4.44. The van der Waals surface area contributed by atoms with Gasteiger partial charge in [0.25, 0.3) is 0 Å². The van der Waals surface area contributed by atoms with E-state index in [2.05, 4.69) is 15.5 Å². The summed E-state index contributed by atoms with van der Waals surface area (Å²) in [7, 11) is 0. The van der Waals surface area contributed by atoms with Gasteiger partial charge >= 0.3 is 6.18 Å². The quantitative estimate of drug-likeness (QED) is 0.903. The zero-order valence-electron chi connectivity index (χ0n) is 11.5. The molecule has 1 fully saturated rings. The third kappa shape index (κ3) is 3.82. The van der Waals surface area contributed by atoms with Gasteiger partial charge in [-0.3, -0.25) is 0 Å². The predicted octanol–water partition coefficient (Wildman–Crippen LogP) is 2.46. The summed E-state index contributed by atoms with van der Waals surface area (Å²) < 4.78 is 37.4. The molecule has 0 amide bonds. The first-order chi connectivity index (χ1) is 9.50. The maximum Gasteiger partial charge on any atom is 0.435 e. The molecular weight excluding hydrogens is 269 g/mol. The number of nitrogens with zero attached hydrogens (tertiary/aromatic N) is 3. The minimum Gasteiger partial charge on any atom is -0.354 e. The Hall–Kier alpha value is -1.37. The average molecular weight is 288 g/mol. The second-order valence-electron chi connectivity index (χ2n) is 5.01. The second kappa shape index (κ2) is 6.39. The number of hydrogen-bond acceptors (Lipinski definition) is 4. The van der Waals surface area contributed by atoms with Crippen molar-refractivity contribution >= 4 is 5.82 Å². The van der Waals surface area contributed by atoms with Crippen LogP contribution in [0.2, 0.25) is 0 Å². The van der Waals surface area contributed by atoms with Gasteiger partial charge in [-0.1, -0.05) is 6.92 Å². The van der Waals surface area contributed by atoms with E-state index in [9.17, 15) is 13.2 Å². The molecule has 1 unspecified atom stereocenters. The van der Waals surface area contributed by atoms with Crippen molar-refractivity contribution in [3.8, 4) is 0 Å². The third-order valence-corrected chi connectivity index (χ3v) is 3.36. The zero-order chi connectivity index (χ0) is 14.6. The van der Waals surface area contributed by atoms with Crippen molar-refractivity contribution in [3.05, 3.63) is 17.8 Å². The number of rotatable bonds is 5. The summed E-state index contributed by atoms with van der Waals surface area (Å²) in [6.07, 6.45) is -1.29. The molecule has 1 saturated heterocycles. The smallest absolute Gasteiger partial charge is 0.354 e. The Bertz CT molecular complexity index is 413. The van der Waals surface area contributed by atoms with Gasteiger partial charge < -0.3 is 10.2 Å². The van der Waals surface area contributed by atoms with Crippen LogP contribution in [-0.2, 0) is 6.18 Å². The van der Waals surface area contributed by atoms with Crippen LogP contribution in [-0.4, -0.2) is 35.9 Å². The van der Waals surface area contributed by atoms with Crippen LogP contribution in [0.5, 0.6) is 0 Å². The Morgan fingerprint density at radius 2 is 2.15 bits per heavy atom.